The number of para-hydroxylation sites is 1. The van der Waals surface area contributed by atoms with Crippen molar-refractivity contribution in [3.8, 4) is 27.9 Å². The number of hydrogen-bond acceptors (Lipinski definition) is 1. The molecule has 0 atom stereocenters. The van der Waals surface area contributed by atoms with Gasteiger partial charge in [-0.25, -0.2) is 11.1 Å². The van der Waals surface area contributed by atoms with Crippen molar-refractivity contribution in [2.75, 3.05) is 0 Å². The number of benzene rings is 6. The zero-order valence-electron chi connectivity index (χ0n) is 21.0. The molecule has 8 rings (SSSR count). The fourth-order valence-corrected chi connectivity index (χ4v) is 6.79. The second-order valence-electron chi connectivity index (χ2n) is 9.63. The van der Waals surface area contributed by atoms with Crippen molar-refractivity contribution in [3.05, 3.63) is 140 Å². The summed E-state index contributed by atoms with van der Waals surface area (Å²) < 4.78 is 5.05. The van der Waals surface area contributed by atoms with Crippen LogP contribution in [0.4, 0.5) is 0 Å². The minimum absolute atomic E-state index is 0. The van der Waals surface area contributed by atoms with Gasteiger partial charge in [-0.2, -0.15) is 42.5 Å². The van der Waals surface area contributed by atoms with E-state index < -0.39 is 0 Å². The summed E-state index contributed by atoms with van der Waals surface area (Å²) in [6, 6.07) is 52.3. The zero-order valence-corrected chi connectivity index (χ0v) is 26.0. The van der Waals surface area contributed by atoms with Crippen LogP contribution in [0.15, 0.2) is 127 Å². The maximum atomic E-state index is 3.38. The van der Waals surface area contributed by atoms with Gasteiger partial charge in [0.2, 0.25) is 0 Å². The molecule has 0 aliphatic rings. The van der Waals surface area contributed by atoms with Gasteiger partial charge in [-0.15, -0.1) is 29.0 Å². The minimum Gasteiger partial charge on any atom is -0.309 e. The third-order valence-corrected chi connectivity index (χ3v) is 8.56. The molecule has 0 spiro atoms. The van der Waals surface area contributed by atoms with Crippen molar-refractivity contribution in [1.82, 2.24) is 4.57 Å². The molecule has 2 heterocycles. The molecule has 0 saturated heterocycles. The van der Waals surface area contributed by atoms with Gasteiger partial charge in [0.25, 0.3) is 0 Å². The van der Waals surface area contributed by atoms with Crippen molar-refractivity contribution in [1.29, 1.82) is 0 Å². The molecule has 6 aromatic carbocycles. The molecule has 39 heavy (non-hydrogen) atoms. The summed E-state index contributed by atoms with van der Waals surface area (Å²) in [5, 5.41) is 5.18. The number of rotatable bonds is 3. The summed E-state index contributed by atoms with van der Waals surface area (Å²) in [5.74, 6) is 0. The van der Waals surface area contributed by atoms with E-state index in [2.05, 4.69) is 120 Å². The summed E-state index contributed by atoms with van der Waals surface area (Å²) in [4.78, 5) is 0. The fourth-order valence-electron chi connectivity index (χ4n) is 5.65. The molecule has 2 aromatic heterocycles. The van der Waals surface area contributed by atoms with E-state index in [9.17, 15) is 0 Å². The van der Waals surface area contributed by atoms with E-state index in [0.717, 1.165) is 11.1 Å². The van der Waals surface area contributed by atoms with Gasteiger partial charge in [0.05, 0.1) is 11.0 Å². The van der Waals surface area contributed by atoms with Gasteiger partial charge < -0.3 is 4.57 Å². The van der Waals surface area contributed by atoms with Gasteiger partial charge in [0, 0.05) is 36.6 Å². The Morgan fingerprint density at radius 3 is 2.13 bits per heavy atom. The average Bonchev–Trinajstić information content (AvgIpc) is 3.52. The van der Waals surface area contributed by atoms with Crippen LogP contribution in [0.25, 0.3) is 69.9 Å². The van der Waals surface area contributed by atoms with Crippen LogP contribution in [0.1, 0.15) is 0 Å². The van der Waals surface area contributed by atoms with Crippen LogP contribution in [0, 0.1) is 43.2 Å². The summed E-state index contributed by atoms with van der Waals surface area (Å²) in [7, 11) is 0. The quantitative estimate of drug-likeness (QED) is 0.159. The summed E-state index contributed by atoms with van der Waals surface area (Å²) in [6.07, 6.45) is 0. The fraction of sp³-hybridized carbons (Fsp3) is 0. The normalized spacial score (nSPS) is 11.4. The maximum Gasteiger partial charge on any atom is 2.00 e. The molecule has 180 valence electrons. The van der Waals surface area contributed by atoms with Crippen molar-refractivity contribution in [2.45, 2.75) is 0 Å². The summed E-state index contributed by atoms with van der Waals surface area (Å²) in [5.41, 5.74) is 8.13. The molecule has 0 aliphatic carbocycles. The van der Waals surface area contributed by atoms with Crippen LogP contribution >= 0.6 is 11.3 Å². The zero-order chi connectivity index (χ0) is 25.1. The molecular weight excluding hydrogens is 716 g/mol. The molecule has 0 fully saturated rings. The Morgan fingerprint density at radius 2 is 1.23 bits per heavy atom. The molecule has 8 aromatic rings. The Balaban J connectivity index is 0.00000253. The molecular formula is C36H21NSU. The monoisotopic (exact) mass is 737 g/mol. The largest absolute Gasteiger partial charge is 2.00 e. The number of nitrogens with zero attached hydrogens (tertiary/aromatic N) is 1. The standard InChI is InChI=1S/C36H21NS.U/c1-2-9-24(10-3-1)25-11-8-12-26(21-25)27-17-20-34-32(22-27)29-13-4-6-15-33(29)37(34)28-18-19-31-30-14-5-7-16-35(30)38-36(31)23-28;/h1-9,12-23H;/q-2;+2. The van der Waals surface area contributed by atoms with Gasteiger partial charge in [-0.3, -0.25) is 0 Å². The first-order chi connectivity index (χ1) is 18.8. The van der Waals surface area contributed by atoms with Gasteiger partial charge in [-0.1, -0.05) is 48.5 Å². The topological polar surface area (TPSA) is 4.93 Å². The second kappa shape index (κ2) is 9.85. The maximum absolute atomic E-state index is 3.38. The van der Waals surface area contributed by atoms with Crippen molar-refractivity contribution >= 4 is 53.3 Å². The van der Waals surface area contributed by atoms with E-state index in [4.69, 9.17) is 0 Å². The molecule has 1 nitrogen and oxygen atoms in total. The van der Waals surface area contributed by atoms with Crippen LogP contribution in [0.2, 0.25) is 0 Å². The molecule has 0 amide bonds. The minimum atomic E-state index is 0. The van der Waals surface area contributed by atoms with E-state index in [-0.39, 0.29) is 31.1 Å². The van der Waals surface area contributed by atoms with Gasteiger partial charge in [-0.05, 0) is 42.0 Å². The average molecular weight is 738 g/mol. The Hall–Kier alpha value is -3.61. The van der Waals surface area contributed by atoms with Crippen LogP contribution in [0.5, 0.6) is 0 Å². The number of thiophene rings is 1. The van der Waals surface area contributed by atoms with Gasteiger partial charge in [0.15, 0.2) is 0 Å². The van der Waals surface area contributed by atoms with Crippen LogP contribution in [0.3, 0.4) is 0 Å². The molecule has 0 aliphatic heterocycles. The SMILES string of the molecule is [U+2].[c-]1ccccc1-c1[c-]ccc(-c2ccc3c(c2)c2ccccc2n3-c2ccc3c(c2)sc2ccccc23)c1. The first-order valence-corrected chi connectivity index (χ1v) is 13.6. The Morgan fingerprint density at radius 1 is 0.487 bits per heavy atom. The van der Waals surface area contributed by atoms with E-state index in [1.165, 1.54) is 58.8 Å². The number of fused-ring (bicyclic) bond motifs is 6. The summed E-state index contributed by atoms with van der Waals surface area (Å²) in [6.45, 7) is 0. The Kier molecular flexibility index (Phi) is 6.17. The second-order valence-corrected chi connectivity index (χ2v) is 10.7. The first kappa shape index (κ1) is 24.4. The third kappa shape index (κ3) is 4.05. The van der Waals surface area contributed by atoms with Crippen LogP contribution in [-0.4, -0.2) is 4.57 Å². The van der Waals surface area contributed by atoms with Gasteiger partial charge >= 0.3 is 31.1 Å². The Bertz CT molecular complexity index is 2140. The Labute approximate surface area is 254 Å². The number of aromatic nitrogens is 1. The molecule has 0 saturated carbocycles. The van der Waals surface area contributed by atoms with Crippen LogP contribution < -0.4 is 0 Å². The molecule has 0 radical (unpaired) electrons. The van der Waals surface area contributed by atoms with E-state index in [0.29, 0.717) is 0 Å². The van der Waals surface area contributed by atoms with Crippen LogP contribution in [-0.2, 0) is 0 Å². The molecule has 0 bridgehead atoms. The van der Waals surface area contributed by atoms with E-state index in [1.54, 1.807) is 0 Å². The molecule has 0 unspecified atom stereocenters. The smallest absolute Gasteiger partial charge is 0.309 e. The number of hydrogen-bond donors (Lipinski definition) is 0. The van der Waals surface area contributed by atoms with Crippen molar-refractivity contribution < 1.29 is 31.1 Å². The molecule has 0 N–H and O–H groups in total. The van der Waals surface area contributed by atoms with E-state index in [1.807, 2.05) is 35.6 Å². The van der Waals surface area contributed by atoms with E-state index >= 15 is 0 Å². The predicted molar refractivity (Wildman–Crippen MR) is 162 cm³/mol. The van der Waals surface area contributed by atoms with Gasteiger partial charge in [0.1, 0.15) is 0 Å². The van der Waals surface area contributed by atoms with Crippen molar-refractivity contribution in [3.63, 3.8) is 0 Å². The summed E-state index contributed by atoms with van der Waals surface area (Å²) >= 11 is 1.86. The first-order valence-electron chi connectivity index (χ1n) is 12.8. The third-order valence-electron chi connectivity index (χ3n) is 7.43. The predicted octanol–water partition coefficient (Wildman–Crippen LogP) is 10.1. The van der Waals surface area contributed by atoms with Crippen molar-refractivity contribution in [2.24, 2.45) is 0 Å². The molecule has 3 heteroatoms.